The van der Waals surface area contributed by atoms with Gasteiger partial charge in [0.15, 0.2) is 0 Å². The van der Waals surface area contributed by atoms with Gasteiger partial charge < -0.3 is 15.1 Å². The number of hydrazine groups is 1. The molecule has 1 unspecified atom stereocenters. The third-order valence-corrected chi connectivity index (χ3v) is 3.41. The molecule has 1 aliphatic rings. The third kappa shape index (κ3) is 3.45. The van der Waals surface area contributed by atoms with Crippen LogP contribution in [0.2, 0.25) is 0 Å². The Kier molecular flexibility index (Phi) is 4.76. The van der Waals surface area contributed by atoms with Crippen LogP contribution in [0.3, 0.4) is 0 Å². The first-order valence-corrected chi connectivity index (χ1v) is 6.65. The molecule has 104 valence electrons. The van der Waals surface area contributed by atoms with Crippen molar-refractivity contribution >= 4 is 11.6 Å². The van der Waals surface area contributed by atoms with E-state index in [1.165, 1.54) is 6.42 Å². The lowest BCUT2D eigenvalue weighted by atomic mass is 10.1. The summed E-state index contributed by atoms with van der Waals surface area (Å²) in [7, 11) is 1.80. The SMILES string of the molecule is CN(CC1CCCCO1)C(=O)c1ccccc1NN. The number of anilines is 1. The van der Waals surface area contributed by atoms with Gasteiger partial charge in [0, 0.05) is 20.2 Å². The van der Waals surface area contributed by atoms with E-state index in [1.54, 1.807) is 24.1 Å². The van der Waals surface area contributed by atoms with Crippen molar-refractivity contribution in [2.45, 2.75) is 25.4 Å². The summed E-state index contributed by atoms with van der Waals surface area (Å²) in [5, 5.41) is 0. The second kappa shape index (κ2) is 6.54. The van der Waals surface area contributed by atoms with Crippen LogP contribution in [-0.4, -0.2) is 37.1 Å². The summed E-state index contributed by atoms with van der Waals surface area (Å²) in [5.41, 5.74) is 3.79. The van der Waals surface area contributed by atoms with Crippen molar-refractivity contribution in [2.24, 2.45) is 5.84 Å². The predicted molar refractivity (Wildman–Crippen MR) is 74.8 cm³/mol. The van der Waals surface area contributed by atoms with Crippen LogP contribution in [0.4, 0.5) is 5.69 Å². The van der Waals surface area contributed by atoms with Gasteiger partial charge in [-0.25, -0.2) is 0 Å². The summed E-state index contributed by atoms with van der Waals surface area (Å²) in [6.07, 6.45) is 3.47. The molecule has 1 fully saturated rings. The molecular formula is C14H21N3O2. The van der Waals surface area contributed by atoms with Crippen LogP contribution >= 0.6 is 0 Å². The molecule has 5 nitrogen and oxygen atoms in total. The Morgan fingerprint density at radius 1 is 1.47 bits per heavy atom. The van der Waals surface area contributed by atoms with Crippen molar-refractivity contribution in [1.82, 2.24) is 4.90 Å². The Morgan fingerprint density at radius 2 is 2.26 bits per heavy atom. The first kappa shape index (κ1) is 13.8. The summed E-state index contributed by atoms with van der Waals surface area (Å²) in [5.74, 6) is 5.39. The number of nitrogen functional groups attached to an aromatic ring is 1. The van der Waals surface area contributed by atoms with Crippen LogP contribution in [-0.2, 0) is 4.74 Å². The van der Waals surface area contributed by atoms with Crippen molar-refractivity contribution in [1.29, 1.82) is 0 Å². The highest BCUT2D eigenvalue weighted by Gasteiger charge is 2.20. The smallest absolute Gasteiger partial charge is 0.255 e. The van der Waals surface area contributed by atoms with Gasteiger partial charge in [0.2, 0.25) is 0 Å². The number of nitrogens with two attached hydrogens (primary N) is 1. The number of nitrogens with one attached hydrogen (secondary N) is 1. The monoisotopic (exact) mass is 263 g/mol. The number of amides is 1. The number of carbonyl (C=O) groups excluding carboxylic acids is 1. The Morgan fingerprint density at radius 3 is 2.95 bits per heavy atom. The number of carbonyl (C=O) groups is 1. The number of rotatable bonds is 4. The average Bonchev–Trinajstić information content (AvgIpc) is 2.47. The Bertz CT molecular complexity index is 430. The lowest BCUT2D eigenvalue weighted by molar-refractivity contribution is -0.000171. The molecular weight excluding hydrogens is 242 g/mol. The molecule has 1 heterocycles. The zero-order chi connectivity index (χ0) is 13.7. The lowest BCUT2D eigenvalue weighted by Crippen LogP contribution is -2.37. The van der Waals surface area contributed by atoms with Gasteiger partial charge in [0.25, 0.3) is 5.91 Å². The number of para-hydroxylation sites is 1. The highest BCUT2D eigenvalue weighted by molar-refractivity contribution is 5.99. The van der Waals surface area contributed by atoms with Crippen molar-refractivity contribution < 1.29 is 9.53 Å². The standard InChI is InChI=1S/C14H21N3O2/c1-17(10-11-6-4-5-9-19-11)14(18)12-7-2-3-8-13(12)16-15/h2-3,7-8,11,16H,4-6,9-10,15H2,1H3. The molecule has 1 aromatic rings. The number of hydrogen-bond donors (Lipinski definition) is 2. The zero-order valence-corrected chi connectivity index (χ0v) is 11.3. The fourth-order valence-electron chi connectivity index (χ4n) is 2.34. The fourth-order valence-corrected chi connectivity index (χ4v) is 2.34. The van der Waals surface area contributed by atoms with Crippen molar-refractivity contribution in [2.75, 3.05) is 25.6 Å². The number of likely N-dealkylation sites (N-methyl/N-ethyl adjacent to an activating group) is 1. The van der Waals surface area contributed by atoms with Crippen LogP contribution in [0.5, 0.6) is 0 Å². The van der Waals surface area contributed by atoms with Crippen molar-refractivity contribution in [3.63, 3.8) is 0 Å². The molecule has 0 spiro atoms. The van der Waals surface area contributed by atoms with E-state index in [9.17, 15) is 4.79 Å². The summed E-state index contributed by atoms with van der Waals surface area (Å²) >= 11 is 0. The largest absolute Gasteiger partial charge is 0.376 e. The van der Waals surface area contributed by atoms with Gasteiger partial charge in [-0.05, 0) is 31.4 Å². The molecule has 0 radical (unpaired) electrons. The Balaban J connectivity index is 2.01. The van der Waals surface area contributed by atoms with Crippen LogP contribution < -0.4 is 11.3 Å². The first-order valence-electron chi connectivity index (χ1n) is 6.65. The number of ether oxygens (including phenoxy) is 1. The molecule has 1 amide bonds. The Labute approximate surface area is 113 Å². The quantitative estimate of drug-likeness (QED) is 0.640. The van der Waals surface area contributed by atoms with Gasteiger partial charge in [-0.15, -0.1) is 0 Å². The van der Waals surface area contributed by atoms with Crippen molar-refractivity contribution in [3.05, 3.63) is 29.8 Å². The molecule has 19 heavy (non-hydrogen) atoms. The van der Waals surface area contributed by atoms with E-state index in [0.29, 0.717) is 17.8 Å². The van der Waals surface area contributed by atoms with E-state index in [4.69, 9.17) is 10.6 Å². The normalized spacial score (nSPS) is 18.9. The van der Waals surface area contributed by atoms with Gasteiger partial charge in [-0.1, -0.05) is 12.1 Å². The molecule has 0 saturated carbocycles. The lowest BCUT2D eigenvalue weighted by Gasteiger charge is -2.27. The second-order valence-electron chi connectivity index (χ2n) is 4.86. The number of benzene rings is 1. The van der Waals surface area contributed by atoms with E-state index >= 15 is 0 Å². The maximum atomic E-state index is 12.4. The summed E-state index contributed by atoms with van der Waals surface area (Å²) in [6.45, 7) is 1.42. The van der Waals surface area contributed by atoms with E-state index in [0.717, 1.165) is 19.4 Å². The molecule has 1 atom stereocenters. The van der Waals surface area contributed by atoms with E-state index in [2.05, 4.69) is 5.43 Å². The van der Waals surface area contributed by atoms with E-state index < -0.39 is 0 Å². The molecule has 1 aromatic carbocycles. The second-order valence-corrected chi connectivity index (χ2v) is 4.86. The van der Waals surface area contributed by atoms with Gasteiger partial charge in [0.1, 0.15) is 0 Å². The average molecular weight is 263 g/mol. The molecule has 1 aliphatic heterocycles. The maximum Gasteiger partial charge on any atom is 0.255 e. The van der Waals surface area contributed by atoms with Crippen LogP contribution in [0, 0.1) is 0 Å². The molecule has 3 N–H and O–H groups in total. The zero-order valence-electron chi connectivity index (χ0n) is 11.3. The Hall–Kier alpha value is -1.59. The predicted octanol–water partition coefficient (Wildman–Crippen LogP) is 1.61. The first-order chi connectivity index (χ1) is 9.22. The molecule has 0 bridgehead atoms. The minimum Gasteiger partial charge on any atom is -0.376 e. The molecule has 5 heteroatoms. The van der Waals surface area contributed by atoms with Crippen molar-refractivity contribution in [3.8, 4) is 0 Å². The van der Waals surface area contributed by atoms with Gasteiger partial charge >= 0.3 is 0 Å². The molecule has 0 aliphatic carbocycles. The fraction of sp³-hybridized carbons (Fsp3) is 0.500. The maximum absolute atomic E-state index is 12.4. The van der Waals surface area contributed by atoms with E-state index in [1.807, 2.05) is 12.1 Å². The van der Waals surface area contributed by atoms with Crippen LogP contribution in [0.25, 0.3) is 0 Å². The van der Waals surface area contributed by atoms with Gasteiger partial charge in [0.05, 0.1) is 17.4 Å². The minimum absolute atomic E-state index is 0.0391. The molecule has 2 rings (SSSR count). The minimum atomic E-state index is -0.0391. The summed E-state index contributed by atoms with van der Waals surface area (Å²) < 4.78 is 5.66. The van der Waals surface area contributed by atoms with Crippen LogP contribution in [0.15, 0.2) is 24.3 Å². The highest BCUT2D eigenvalue weighted by Crippen LogP contribution is 2.18. The molecule has 1 saturated heterocycles. The van der Waals surface area contributed by atoms with Gasteiger partial charge in [-0.2, -0.15) is 0 Å². The molecule has 0 aromatic heterocycles. The summed E-state index contributed by atoms with van der Waals surface area (Å²) in [6, 6.07) is 7.24. The third-order valence-electron chi connectivity index (χ3n) is 3.41. The topological polar surface area (TPSA) is 67.6 Å². The number of nitrogens with zero attached hydrogens (tertiary/aromatic N) is 1. The van der Waals surface area contributed by atoms with E-state index in [-0.39, 0.29) is 12.0 Å². The van der Waals surface area contributed by atoms with Gasteiger partial charge in [-0.3, -0.25) is 10.6 Å². The highest BCUT2D eigenvalue weighted by atomic mass is 16.5. The summed E-state index contributed by atoms with van der Waals surface area (Å²) in [4.78, 5) is 14.1. The number of hydrogen-bond acceptors (Lipinski definition) is 4. The van der Waals surface area contributed by atoms with Crippen LogP contribution in [0.1, 0.15) is 29.6 Å².